The largest absolute Gasteiger partial charge is 0.468 e. The monoisotopic (exact) mass is 250 g/mol. The van der Waals surface area contributed by atoms with Gasteiger partial charge in [-0.3, -0.25) is 9.59 Å². The molecule has 0 spiro atoms. The van der Waals surface area contributed by atoms with E-state index in [9.17, 15) is 14.0 Å². The van der Waals surface area contributed by atoms with Crippen LogP contribution < -0.4 is 0 Å². The number of benzene rings is 1. The normalized spacial score (nSPS) is 18.4. The van der Waals surface area contributed by atoms with Crippen LogP contribution in [0.2, 0.25) is 0 Å². The van der Waals surface area contributed by atoms with Gasteiger partial charge in [0, 0.05) is 18.4 Å². The number of esters is 1. The Labute approximate surface area is 105 Å². The molecule has 0 amide bonds. The van der Waals surface area contributed by atoms with Gasteiger partial charge < -0.3 is 4.74 Å². The molecule has 0 unspecified atom stereocenters. The van der Waals surface area contributed by atoms with E-state index in [-0.39, 0.29) is 5.78 Å². The van der Waals surface area contributed by atoms with Gasteiger partial charge in [-0.25, -0.2) is 4.39 Å². The second kappa shape index (κ2) is 4.88. The predicted molar refractivity (Wildman–Crippen MR) is 63.6 cm³/mol. The van der Waals surface area contributed by atoms with Gasteiger partial charge in [0.1, 0.15) is 11.6 Å². The molecule has 1 aromatic carbocycles. The number of ketones is 1. The van der Waals surface area contributed by atoms with Crippen molar-refractivity contribution < 1.29 is 18.7 Å². The second-order valence-corrected chi connectivity index (χ2v) is 4.59. The average Bonchev–Trinajstić information content (AvgIpc) is 2.40. The first-order valence-electron chi connectivity index (χ1n) is 5.95. The zero-order chi connectivity index (χ0) is 13.2. The summed E-state index contributed by atoms with van der Waals surface area (Å²) in [6.07, 6.45) is 1.23. The molecule has 0 bridgehead atoms. The number of carbonyl (C=O) groups excluding carboxylic acids is 2. The molecule has 18 heavy (non-hydrogen) atoms. The minimum atomic E-state index is -1.01. The lowest BCUT2D eigenvalue weighted by Crippen LogP contribution is -2.41. The fraction of sp³-hybridized carbons (Fsp3) is 0.429. The molecule has 0 aromatic heterocycles. The number of hydrogen-bond acceptors (Lipinski definition) is 3. The van der Waals surface area contributed by atoms with Gasteiger partial charge in [-0.1, -0.05) is 18.2 Å². The van der Waals surface area contributed by atoms with Crippen LogP contribution in [-0.4, -0.2) is 18.9 Å². The van der Waals surface area contributed by atoms with Crippen molar-refractivity contribution >= 4 is 11.8 Å². The third-order valence-electron chi connectivity index (χ3n) is 3.63. The number of ether oxygens (including phenoxy) is 1. The molecule has 1 aliphatic rings. The Kier molecular flexibility index (Phi) is 3.45. The van der Waals surface area contributed by atoms with Crippen molar-refractivity contribution in [3.05, 3.63) is 35.6 Å². The summed E-state index contributed by atoms with van der Waals surface area (Å²) < 4.78 is 18.7. The van der Waals surface area contributed by atoms with E-state index in [4.69, 9.17) is 4.74 Å². The molecule has 96 valence electrons. The van der Waals surface area contributed by atoms with Crippen LogP contribution in [0.1, 0.15) is 31.2 Å². The van der Waals surface area contributed by atoms with Gasteiger partial charge in [0.2, 0.25) is 0 Å². The van der Waals surface area contributed by atoms with E-state index in [1.165, 1.54) is 13.2 Å². The number of halogens is 1. The van der Waals surface area contributed by atoms with E-state index in [0.717, 1.165) is 0 Å². The minimum absolute atomic E-state index is 0.117. The molecule has 0 saturated heterocycles. The summed E-state index contributed by atoms with van der Waals surface area (Å²) in [6.45, 7) is 0. The molecule has 0 heterocycles. The molecule has 4 heteroatoms. The molecule has 1 saturated carbocycles. The quantitative estimate of drug-likeness (QED) is 0.757. The Balaban J connectivity index is 2.46. The summed E-state index contributed by atoms with van der Waals surface area (Å²) in [4.78, 5) is 23.4. The van der Waals surface area contributed by atoms with E-state index in [2.05, 4.69) is 0 Å². The maximum absolute atomic E-state index is 13.9. The highest BCUT2D eigenvalue weighted by Gasteiger charge is 2.45. The van der Waals surface area contributed by atoms with Gasteiger partial charge in [0.05, 0.1) is 12.5 Å². The number of Topliss-reactive ketones (excluding diaryl/α,β-unsaturated/α-hetero) is 1. The maximum atomic E-state index is 13.9. The average molecular weight is 250 g/mol. The maximum Gasteiger partial charge on any atom is 0.316 e. The number of hydrogen-bond donors (Lipinski definition) is 0. The van der Waals surface area contributed by atoms with Crippen molar-refractivity contribution in [1.82, 2.24) is 0 Å². The van der Waals surface area contributed by atoms with Crippen LogP contribution in [0.5, 0.6) is 0 Å². The fourth-order valence-corrected chi connectivity index (χ4v) is 2.58. The highest BCUT2D eigenvalue weighted by molar-refractivity contribution is 5.88. The van der Waals surface area contributed by atoms with Crippen molar-refractivity contribution in [3.63, 3.8) is 0 Å². The standard InChI is InChI=1S/C14H15FO3/c1-18-13(17)14(8-6-10(16)7-9-14)11-4-2-3-5-12(11)15/h2-5H,6-9H2,1H3. The summed E-state index contributed by atoms with van der Waals surface area (Å²) in [5, 5.41) is 0. The minimum Gasteiger partial charge on any atom is -0.468 e. The molecule has 0 atom stereocenters. The first-order valence-corrected chi connectivity index (χ1v) is 5.95. The highest BCUT2D eigenvalue weighted by Crippen LogP contribution is 2.40. The Bertz CT molecular complexity index is 472. The van der Waals surface area contributed by atoms with Crippen LogP contribution in [-0.2, 0) is 19.7 Å². The van der Waals surface area contributed by atoms with Crippen LogP contribution in [0.15, 0.2) is 24.3 Å². The lowest BCUT2D eigenvalue weighted by atomic mass is 9.69. The molecule has 1 aromatic rings. The van der Waals surface area contributed by atoms with Gasteiger partial charge in [0.15, 0.2) is 0 Å². The SMILES string of the molecule is COC(=O)C1(c2ccccc2F)CCC(=O)CC1. The third kappa shape index (κ3) is 2.03. The van der Waals surface area contributed by atoms with E-state index in [1.807, 2.05) is 0 Å². The lowest BCUT2D eigenvalue weighted by molar-refractivity contribution is -0.149. The Hall–Kier alpha value is -1.71. The van der Waals surface area contributed by atoms with Crippen LogP contribution in [0, 0.1) is 5.82 Å². The molecule has 3 nitrogen and oxygen atoms in total. The van der Waals surface area contributed by atoms with E-state index < -0.39 is 17.2 Å². The second-order valence-electron chi connectivity index (χ2n) is 4.59. The zero-order valence-electron chi connectivity index (χ0n) is 10.2. The first-order chi connectivity index (χ1) is 8.60. The molecular weight excluding hydrogens is 235 g/mol. The molecule has 2 rings (SSSR count). The van der Waals surface area contributed by atoms with Gasteiger partial charge in [-0.15, -0.1) is 0 Å². The highest BCUT2D eigenvalue weighted by atomic mass is 19.1. The van der Waals surface area contributed by atoms with Crippen molar-refractivity contribution in [3.8, 4) is 0 Å². The Morgan fingerprint density at radius 3 is 2.44 bits per heavy atom. The smallest absolute Gasteiger partial charge is 0.316 e. The Morgan fingerprint density at radius 1 is 1.28 bits per heavy atom. The van der Waals surface area contributed by atoms with Crippen LogP contribution in [0.25, 0.3) is 0 Å². The molecule has 0 aliphatic heterocycles. The van der Waals surface area contributed by atoms with Gasteiger partial charge in [-0.2, -0.15) is 0 Å². The van der Waals surface area contributed by atoms with Crippen molar-refractivity contribution in [2.45, 2.75) is 31.1 Å². The fourth-order valence-electron chi connectivity index (χ4n) is 2.58. The summed E-state index contributed by atoms with van der Waals surface area (Å²) in [6, 6.07) is 6.20. The van der Waals surface area contributed by atoms with E-state index in [1.54, 1.807) is 18.2 Å². The molecule has 0 radical (unpaired) electrons. The van der Waals surface area contributed by atoms with Crippen LogP contribution in [0.3, 0.4) is 0 Å². The summed E-state index contributed by atoms with van der Waals surface area (Å²) in [5.74, 6) is -0.761. The molecule has 1 aliphatic carbocycles. The lowest BCUT2D eigenvalue weighted by Gasteiger charge is -2.34. The number of methoxy groups -OCH3 is 1. The molecular formula is C14H15FO3. The summed E-state index contributed by atoms with van der Waals surface area (Å²) >= 11 is 0. The predicted octanol–water partition coefficient (Wildman–Crippen LogP) is 2.38. The van der Waals surface area contributed by atoms with Crippen LogP contribution in [0.4, 0.5) is 4.39 Å². The van der Waals surface area contributed by atoms with E-state index >= 15 is 0 Å². The number of rotatable bonds is 2. The summed E-state index contributed by atoms with van der Waals surface area (Å²) in [5.41, 5.74) is -0.669. The van der Waals surface area contributed by atoms with Crippen molar-refractivity contribution in [2.75, 3.05) is 7.11 Å². The van der Waals surface area contributed by atoms with Crippen molar-refractivity contribution in [1.29, 1.82) is 0 Å². The van der Waals surface area contributed by atoms with Crippen LogP contribution >= 0.6 is 0 Å². The van der Waals surface area contributed by atoms with Gasteiger partial charge in [-0.05, 0) is 18.9 Å². The van der Waals surface area contributed by atoms with E-state index in [0.29, 0.717) is 31.2 Å². The molecule has 1 fully saturated rings. The summed E-state index contributed by atoms with van der Waals surface area (Å²) in [7, 11) is 1.29. The number of carbonyl (C=O) groups is 2. The molecule has 0 N–H and O–H groups in total. The van der Waals surface area contributed by atoms with Gasteiger partial charge in [0.25, 0.3) is 0 Å². The first kappa shape index (κ1) is 12.7. The topological polar surface area (TPSA) is 43.4 Å². The Morgan fingerprint density at radius 2 is 1.89 bits per heavy atom. The van der Waals surface area contributed by atoms with Gasteiger partial charge >= 0.3 is 5.97 Å². The zero-order valence-corrected chi connectivity index (χ0v) is 10.2. The van der Waals surface area contributed by atoms with Crippen molar-refractivity contribution in [2.24, 2.45) is 0 Å². The third-order valence-corrected chi connectivity index (χ3v) is 3.63.